The van der Waals surface area contributed by atoms with Crippen LogP contribution in [-0.2, 0) is 0 Å². The number of nitrogens with one attached hydrogen (secondary N) is 1. The number of nitrogens with zero attached hydrogens (tertiary/aromatic N) is 2. The fourth-order valence-corrected chi connectivity index (χ4v) is 2.66. The average molecular weight is 219 g/mol. The van der Waals surface area contributed by atoms with E-state index in [0.717, 1.165) is 11.7 Å². The summed E-state index contributed by atoms with van der Waals surface area (Å²) in [6.07, 6.45) is 9.82. The van der Waals surface area contributed by atoms with Crippen molar-refractivity contribution < 1.29 is 0 Å². The Kier molecular flexibility index (Phi) is 4.14. The lowest BCUT2D eigenvalue weighted by Gasteiger charge is -2.30. The summed E-state index contributed by atoms with van der Waals surface area (Å²) in [5.74, 6) is 1.74. The van der Waals surface area contributed by atoms with Crippen molar-refractivity contribution in [1.82, 2.24) is 10.2 Å². The van der Waals surface area contributed by atoms with Gasteiger partial charge in [0, 0.05) is 12.2 Å². The van der Waals surface area contributed by atoms with Crippen molar-refractivity contribution in [2.45, 2.75) is 51.5 Å². The molecular weight excluding hydrogens is 198 g/mol. The van der Waals surface area contributed by atoms with Crippen LogP contribution in [0.1, 0.15) is 45.4 Å². The van der Waals surface area contributed by atoms with Gasteiger partial charge in [-0.05, 0) is 37.3 Å². The van der Waals surface area contributed by atoms with Gasteiger partial charge < -0.3 is 5.32 Å². The molecule has 0 saturated heterocycles. The van der Waals surface area contributed by atoms with Gasteiger partial charge in [0.25, 0.3) is 0 Å². The van der Waals surface area contributed by atoms with Crippen LogP contribution >= 0.6 is 0 Å². The lowest BCUT2D eigenvalue weighted by Crippen LogP contribution is -2.30. The van der Waals surface area contributed by atoms with Crippen molar-refractivity contribution in [1.29, 1.82) is 0 Å². The molecule has 1 unspecified atom stereocenters. The normalized spacial score (nSPS) is 19.3. The molecule has 1 atom stereocenters. The third-order valence-electron chi connectivity index (χ3n) is 3.56. The molecule has 1 saturated carbocycles. The van der Waals surface area contributed by atoms with E-state index in [9.17, 15) is 0 Å². The van der Waals surface area contributed by atoms with Crippen molar-refractivity contribution in [3.05, 3.63) is 18.3 Å². The minimum atomic E-state index is 0.567. The Labute approximate surface area is 97.7 Å². The first kappa shape index (κ1) is 11.4. The maximum atomic E-state index is 4.10. The summed E-state index contributed by atoms with van der Waals surface area (Å²) in [6, 6.07) is 4.50. The standard InChI is InChI=1S/C13H21N3/c1-2-12(11-7-4-3-5-8-11)15-13-9-6-10-14-16-13/h6,9-12H,2-5,7-8H2,1H3,(H,15,16). The first-order valence-electron chi connectivity index (χ1n) is 6.44. The summed E-state index contributed by atoms with van der Waals surface area (Å²) in [4.78, 5) is 0. The first-order chi connectivity index (χ1) is 7.90. The minimum absolute atomic E-state index is 0.567. The van der Waals surface area contributed by atoms with E-state index in [2.05, 4.69) is 22.4 Å². The molecule has 0 radical (unpaired) electrons. The van der Waals surface area contributed by atoms with Crippen LogP contribution in [0.2, 0.25) is 0 Å². The number of aromatic nitrogens is 2. The molecule has 3 nitrogen and oxygen atoms in total. The highest BCUT2D eigenvalue weighted by Gasteiger charge is 2.22. The Hall–Kier alpha value is -1.12. The molecule has 16 heavy (non-hydrogen) atoms. The van der Waals surface area contributed by atoms with Crippen LogP contribution in [0.15, 0.2) is 18.3 Å². The third kappa shape index (κ3) is 2.94. The van der Waals surface area contributed by atoms with Crippen molar-refractivity contribution in [3.8, 4) is 0 Å². The van der Waals surface area contributed by atoms with Gasteiger partial charge in [0.15, 0.2) is 0 Å². The van der Waals surface area contributed by atoms with Crippen LogP contribution in [0.4, 0.5) is 5.82 Å². The highest BCUT2D eigenvalue weighted by atomic mass is 15.2. The van der Waals surface area contributed by atoms with E-state index >= 15 is 0 Å². The largest absolute Gasteiger partial charge is 0.366 e. The predicted molar refractivity (Wildman–Crippen MR) is 66.3 cm³/mol. The summed E-state index contributed by atoms with van der Waals surface area (Å²) in [5, 5.41) is 11.5. The van der Waals surface area contributed by atoms with Gasteiger partial charge in [-0.25, -0.2) is 0 Å². The van der Waals surface area contributed by atoms with Gasteiger partial charge in [-0.15, -0.1) is 5.10 Å². The van der Waals surface area contributed by atoms with Crippen LogP contribution < -0.4 is 5.32 Å². The number of rotatable bonds is 4. The topological polar surface area (TPSA) is 37.8 Å². The molecule has 1 aromatic heterocycles. The zero-order chi connectivity index (χ0) is 11.2. The summed E-state index contributed by atoms with van der Waals surface area (Å²) in [6.45, 7) is 2.25. The molecule has 0 amide bonds. The van der Waals surface area contributed by atoms with E-state index < -0.39 is 0 Å². The summed E-state index contributed by atoms with van der Waals surface area (Å²) < 4.78 is 0. The van der Waals surface area contributed by atoms with Crippen molar-refractivity contribution >= 4 is 5.82 Å². The molecule has 1 fully saturated rings. The van der Waals surface area contributed by atoms with Crippen molar-refractivity contribution in [3.63, 3.8) is 0 Å². The van der Waals surface area contributed by atoms with Gasteiger partial charge in [0.2, 0.25) is 0 Å². The molecule has 0 spiro atoms. The number of anilines is 1. The molecule has 1 aromatic rings. The first-order valence-corrected chi connectivity index (χ1v) is 6.44. The minimum Gasteiger partial charge on any atom is -0.366 e. The molecule has 1 aliphatic rings. The van der Waals surface area contributed by atoms with E-state index in [0.29, 0.717) is 6.04 Å². The second-order valence-electron chi connectivity index (χ2n) is 4.67. The molecule has 3 heteroatoms. The van der Waals surface area contributed by atoms with E-state index in [1.165, 1.54) is 38.5 Å². The Morgan fingerprint density at radius 1 is 1.38 bits per heavy atom. The summed E-state index contributed by atoms with van der Waals surface area (Å²) in [5.41, 5.74) is 0. The maximum absolute atomic E-state index is 4.10. The van der Waals surface area contributed by atoms with Gasteiger partial charge in [-0.3, -0.25) is 0 Å². The zero-order valence-corrected chi connectivity index (χ0v) is 10.0. The van der Waals surface area contributed by atoms with E-state index in [4.69, 9.17) is 0 Å². The monoisotopic (exact) mass is 219 g/mol. The quantitative estimate of drug-likeness (QED) is 0.844. The zero-order valence-electron chi connectivity index (χ0n) is 10.0. The Morgan fingerprint density at radius 2 is 2.19 bits per heavy atom. The van der Waals surface area contributed by atoms with Gasteiger partial charge in [-0.1, -0.05) is 26.2 Å². The molecule has 2 rings (SSSR count). The molecule has 0 bridgehead atoms. The average Bonchev–Trinajstić information content (AvgIpc) is 2.38. The Bertz CT molecular complexity index is 293. The lowest BCUT2D eigenvalue weighted by atomic mass is 9.83. The van der Waals surface area contributed by atoms with Crippen LogP contribution in [0, 0.1) is 5.92 Å². The van der Waals surface area contributed by atoms with Gasteiger partial charge in [0.1, 0.15) is 5.82 Å². The summed E-state index contributed by atoms with van der Waals surface area (Å²) >= 11 is 0. The smallest absolute Gasteiger partial charge is 0.148 e. The third-order valence-corrected chi connectivity index (χ3v) is 3.56. The molecule has 1 heterocycles. The van der Waals surface area contributed by atoms with Crippen LogP contribution in [0.5, 0.6) is 0 Å². The van der Waals surface area contributed by atoms with E-state index in [1.807, 2.05) is 12.1 Å². The molecular formula is C13H21N3. The fraction of sp³-hybridized carbons (Fsp3) is 0.692. The lowest BCUT2D eigenvalue weighted by molar-refractivity contribution is 0.312. The highest BCUT2D eigenvalue weighted by Crippen LogP contribution is 2.29. The second kappa shape index (κ2) is 5.83. The predicted octanol–water partition coefficient (Wildman–Crippen LogP) is 3.25. The van der Waals surface area contributed by atoms with Gasteiger partial charge >= 0.3 is 0 Å². The van der Waals surface area contributed by atoms with E-state index in [-0.39, 0.29) is 0 Å². The molecule has 1 N–H and O–H groups in total. The second-order valence-corrected chi connectivity index (χ2v) is 4.67. The van der Waals surface area contributed by atoms with Gasteiger partial charge in [-0.2, -0.15) is 5.10 Å². The van der Waals surface area contributed by atoms with Crippen molar-refractivity contribution in [2.24, 2.45) is 5.92 Å². The van der Waals surface area contributed by atoms with Crippen LogP contribution in [-0.4, -0.2) is 16.2 Å². The molecule has 0 aliphatic heterocycles. The van der Waals surface area contributed by atoms with E-state index in [1.54, 1.807) is 6.20 Å². The van der Waals surface area contributed by atoms with Crippen LogP contribution in [0.25, 0.3) is 0 Å². The number of hydrogen-bond acceptors (Lipinski definition) is 3. The van der Waals surface area contributed by atoms with Gasteiger partial charge in [0.05, 0.1) is 0 Å². The molecule has 1 aliphatic carbocycles. The van der Waals surface area contributed by atoms with Crippen LogP contribution in [0.3, 0.4) is 0 Å². The molecule has 0 aromatic carbocycles. The maximum Gasteiger partial charge on any atom is 0.148 e. The SMILES string of the molecule is CCC(Nc1cccnn1)C1CCCCC1. The molecule has 88 valence electrons. The Morgan fingerprint density at radius 3 is 2.81 bits per heavy atom. The Balaban J connectivity index is 1.94. The fourth-order valence-electron chi connectivity index (χ4n) is 2.66. The number of hydrogen-bond donors (Lipinski definition) is 1. The van der Waals surface area contributed by atoms with Crippen molar-refractivity contribution in [2.75, 3.05) is 5.32 Å². The summed E-state index contributed by atoms with van der Waals surface area (Å²) in [7, 11) is 0. The highest BCUT2D eigenvalue weighted by molar-refractivity contribution is 5.33.